The molecule has 374 valence electrons. The van der Waals surface area contributed by atoms with E-state index in [9.17, 15) is 23.2 Å². The Morgan fingerprint density at radius 2 is 1.24 bits per heavy atom. The van der Waals surface area contributed by atoms with Crippen LogP contribution in [-0.2, 0) is 70.1 Å². The van der Waals surface area contributed by atoms with Crippen molar-refractivity contribution in [3.63, 3.8) is 0 Å². The highest BCUT2D eigenvalue weighted by atomic mass is 19.3. The molecule has 27 nitrogen and oxygen atoms in total. The maximum Gasteiger partial charge on any atom is 0.356 e. The van der Waals surface area contributed by atoms with Crippen LogP contribution in [0, 0.1) is 55.3 Å². The van der Waals surface area contributed by atoms with E-state index in [4.69, 9.17) is 29.4 Å². The molecule has 0 saturated heterocycles. The number of carbonyl (C=O) groups excluding carboxylic acids is 3. The van der Waals surface area contributed by atoms with E-state index in [-0.39, 0.29) is 5.91 Å². The van der Waals surface area contributed by atoms with Gasteiger partial charge in [-0.15, -0.1) is 28.1 Å². The number of nitrogens with two attached hydrogens (primary N) is 3. The van der Waals surface area contributed by atoms with Crippen molar-refractivity contribution in [3.05, 3.63) is 96.4 Å². The van der Waals surface area contributed by atoms with Crippen molar-refractivity contribution in [3.8, 4) is 48.4 Å². The highest BCUT2D eigenvalue weighted by Gasteiger charge is 2.47. The van der Waals surface area contributed by atoms with Crippen molar-refractivity contribution in [2.24, 2.45) is 66.5 Å². The summed E-state index contributed by atoms with van der Waals surface area (Å²) in [4.78, 5) is 53.8. The van der Waals surface area contributed by atoms with E-state index in [0.717, 1.165) is 16.8 Å². The summed E-state index contributed by atoms with van der Waals surface area (Å²) in [6.45, 7) is 5.43. The van der Waals surface area contributed by atoms with Crippen molar-refractivity contribution in [2.45, 2.75) is 45.6 Å². The van der Waals surface area contributed by atoms with Crippen molar-refractivity contribution in [1.29, 1.82) is 0 Å². The molecule has 0 aliphatic rings. The Hall–Kier alpha value is -9.74. The fourth-order valence-corrected chi connectivity index (χ4v) is 4.13. The first-order chi connectivity index (χ1) is 33.4. The minimum atomic E-state index is -4.07. The largest absolute Gasteiger partial charge is 0.379 e. The summed E-state index contributed by atoms with van der Waals surface area (Å²) in [6, 6.07) is 1.79. The minimum Gasteiger partial charge on any atom is -0.379 e. The second-order valence-corrected chi connectivity index (χ2v) is 13.5. The predicted molar refractivity (Wildman–Crippen MR) is 250 cm³/mol. The molecule has 0 aromatic carbocycles. The van der Waals surface area contributed by atoms with Gasteiger partial charge in [-0.05, 0) is 56.6 Å². The van der Waals surface area contributed by atoms with Crippen molar-refractivity contribution >= 4 is 23.8 Å². The third kappa shape index (κ3) is 24.0. The molecule has 0 aliphatic carbocycles. The molecule has 0 spiro atoms. The lowest BCUT2D eigenvalue weighted by molar-refractivity contribution is -0.161. The molecule has 1 unspecified atom stereocenters. The first kappa shape index (κ1) is 59.3. The summed E-state index contributed by atoms with van der Waals surface area (Å²) >= 11 is 0. The van der Waals surface area contributed by atoms with Crippen molar-refractivity contribution < 1.29 is 28.3 Å². The number of nitrogens with zero attached hydrogens (tertiary/aromatic N) is 20. The molecule has 7 aromatic rings. The van der Waals surface area contributed by atoms with Crippen LogP contribution in [0.3, 0.4) is 0 Å². The van der Waals surface area contributed by atoms with E-state index >= 15 is 0 Å². The van der Waals surface area contributed by atoms with Gasteiger partial charge in [0.1, 0.15) is 43.2 Å². The van der Waals surface area contributed by atoms with Gasteiger partial charge in [-0.3, -0.25) is 47.2 Å². The summed E-state index contributed by atoms with van der Waals surface area (Å²) in [6.07, 6.45) is 20.4. The first-order valence-electron chi connectivity index (χ1n) is 20.0. The van der Waals surface area contributed by atoms with Crippen LogP contribution in [0.2, 0.25) is 0 Å². The normalized spacial score (nSPS) is 10.1. The number of aromatic nitrogens is 20. The molecule has 7 N–H and O–H groups in total. The summed E-state index contributed by atoms with van der Waals surface area (Å²) in [5.74, 6) is 12.0. The summed E-state index contributed by atoms with van der Waals surface area (Å²) in [5, 5.41) is 36.0. The van der Waals surface area contributed by atoms with Crippen LogP contribution in [0.5, 0.6) is 0 Å². The summed E-state index contributed by atoms with van der Waals surface area (Å²) in [5.41, 5.74) is 14.9. The fraction of sp³-hybridized carbons (Fsp3) is 0.333. The van der Waals surface area contributed by atoms with Gasteiger partial charge in [-0.2, -0.15) is 29.2 Å². The van der Waals surface area contributed by atoms with Crippen LogP contribution in [-0.4, -0.2) is 127 Å². The second kappa shape index (κ2) is 30.5. The van der Waals surface area contributed by atoms with E-state index in [1.54, 1.807) is 94.5 Å². The zero-order valence-corrected chi connectivity index (χ0v) is 40.4. The van der Waals surface area contributed by atoms with E-state index < -0.39 is 29.7 Å². The number of alkyl halides is 2. The molecular formula is C42H53F2N23O4. The summed E-state index contributed by atoms with van der Waals surface area (Å²) < 4.78 is 36.5. The SMILES string of the molecule is C#Cc1ccn(C)n1.C#Cc1ncn(C)n1.CC#Cc1nc(C)n(C)n1.CC#Cc1ncn(C)n1.Cn1cnc(/C=C/C(N)=O)n1.Cn1cnc(C(O)C(F)(F)C(N)=O)n1.Cn1cnc(CCC(N)=O)n1. The van der Waals surface area contributed by atoms with E-state index in [1.807, 2.05) is 34.3 Å². The number of hydrogen-bond donors (Lipinski definition) is 4. The maximum absolute atomic E-state index is 12.8. The maximum atomic E-state index is 12.8. The van der Waals surface area contributed by atoms with Crippen molar-refractivity contribution in [1.82, 2.24) is 98.4 Å². The minimum absolute atomic E-state index is 0.310. The van der Waals surface area contributed by atoms with Crippen molar-refractivity contribution in [2.75, 3.05) is 0 Å². The Bertz CT molecular complexity index is 2930. The van der Waals surface area contributed by atoms with Gasteiger partial charge in [0, 0.05) is 74.4 Å². The molecule has 0 saturated carbocycles. The topological polar surface area (TPSA) is 352 Å². The van der Waals surface area contributed by atoms with Gasteiger partial charge < -0.3 is 22.3 Å². The molecule has 7 aromatic heterocycles. The van der Waals surface area contributed by atoms with Gasteiger partial charge in [0.25, 0.3) is 5.91 Å². The number of carbonyl (C=O) groups is 3. The van der Waals surface area contributed by atoms with Gasteiger partial charge in [0.15, 0.2) is 23.6 Å². The molecule has 0 fully saturated rings. The molecule has 7 rings (SSSR count). The van der Waals surface area contributed by atoms with Crippen LogP contribution in [0.1, 0.15) is 72.8 Å². The molecule has 29 heteroatoms. The molecule has 7 heterocycles. The van der Waals surface area contributed by atoms with Crippen LogP contribution in [0.4, 0.5) is 8.78 Å². The number of aliphatic hydroxyl groups excluding tert-OH is 1. The number of halogens is 2. The van der Waals surface area contributed by atoms with E-state index in [1.165, 1.54) is 19.2 Å². The van der Waals surface area contributed by atoms with E-state index in [0.29, 0.717) is 47.7 Å². The monoisotopic (exact) mass is 981 g/mol. The lowest BCUT2D eigenvalue weighted by Gasteiger charge is -2.15. The number of amides is 3. The molecule has 0 aliphatic heterocycles. The average Bonchev–Trinajstić information content (AvgIpc) is 4.20. The Morgan fingerprint density at radius 3 is 1.61 bits per heavy atom. The highest BCUT2D eigenvalue weighted by molar-refractivity contribution is 5.89. The molecule has 3 amide bonds. The molecule has 1 atom stereocenters. The Balaban J connectivity index is 0.000000417. The Morgan fingerprint density at radius 1 is 0.704 bits per heavy atom. The van der Waals surface area contributed by atoms with Crippen LogP contribution >= 0.6 is 0 Å². The number of aliphatic hydroxyl groups is 1. The standard InChI is InChI=1S/C7H9N3.C6H8F2N4O2.C6H10N4O.C6H8N4O.C6H7N3.C6H6N2.C5H5N3/c1-4-5-7-8-6(2)10(3)9-7;1-12-2-10-4(11-12)3(13)6(7,8)5(9)14;2*1-10-4-8-6(9-10)3-2-5(7)11;1-3-4-6-7-5-9(2)8-6;1-3-6-4-5-8(2)7-6;1-3-5-6-4-8(2)7-5/h1-3H3;2-3,13H,1H3,(H2,9,14);4H,2-3H2,1H3,(H2,7,11);2-4H,1H3,(H2,7,11);5H,1-2H3;1,4-5H,2H3;1,4H,2H3/b;;;3-2+;;;. The van der Waals surface area contributed by atoms with Gasteiger partial charge in [0.2, 0.25) is 29.3 Å². The zero-order valence-electron chi connectivity index (χ0n) is 40.4. The van der Waals surface area contributed by atoms with Gasteiger partial charge in [-0.25, -0.2) is 29.9 Å². The summed E-state index contributed by atoms with van der Waals surface area (Å²) in [7, 11) is 12.2. The number of aryl methyl sites for hydroxylation is 9. The number of hydrogen-bond acceptors (Lipinski definition) is 17. The van der Waals surface area contributed by atoms with Crippen LogP contribution < -0.4 is 17.2 Å². The van der Waals surface area contributed by atoms with Gasteiger partial charge in [-0.1, -0.05) is 11.8 Å². The third-order valence-electron chi connectivity index (χ3n) is 7.43. The average molecular weight is 982 g/mol. The van der Waals surface area contributed by atoms with Crippen LogP contribution in [0.25, 0.3) is 6.08 Å². The number of rotatable bonds is 8. The number of primary amides is 3. The second-order valence-electron chi connectivity index (χ2n) is 13.5. The molecular weight excluding hydrogens is 929 g/mol. The van der Waals surface area contributed by atoms with Gasteiger partial charge >= 0.3 is 5.92 Å². The van der Waals surface area contributed by atoms with Crippen LogP contribution in [0.15, 0.2) is 50.0 Å². The lowest BCUT2D eigenvalue weighted by Crippen LogP contribution is -2.41. The predicted octanol–water partition coefficient (Wildman–Crippen LogP) is -1.61. The highest BCUT2D eigenvalue weighted by Crippen LogP contribution is 2.28. The zero-order chi connectivity index (χ0) is 53.7. The smallest absolute Gasteiger partial charge is 0.356 e. The van der Waals surface area contributed by atoms with Gasteiger partial charge in [0.05, 0.1) is 0 Å². The Labute approximate surface area is 406 Å². The lowest BCUT2D eigenvalue weighted by atomic mass is 10.1. The molecule has 0 radical (unpaired) electrons. The number of terminal acetylenes is 2. The quantitative estimate of drug-likeness (QED) is 0.0983. The first-order valence-corrected chi connectivity index (χ1v) is 20.0. The Kier molecular flexibility index (Phi) is 25.5. The fourth-order valence-electron chi connectivity index (χ4n) is 4.13. The molecule has 0 bridgehead atoms. The van der Waals surface area contributed by atoms with E-state index in [2.05, 4.69) is 107 Å². The third-order valence-corrected chi connectivity index (χ3v) is 7.43. The molecule has 71 heavy (non-hydrogen) atoms.